The molecule has 5 nitrogen and oxygen atoms in total. The number of para-hydroxylation sites is 2. The van der Waals surface area contributed by atoms with Gasteiger partial charge >= 0.3 is 0 Å². The van der Waals surface area contributed by atoms with Crippen molar-refractivity contribution in [1.29, 1.82) is 0 Å². The fourth-order valence-electron chi connectivity index (χ4n) is 2.36. The van der Waals surface area contributed by atoms with Gasteiger partial charge in [0.25, 0.3) is 5.91 Å². The molecule has 0 saturated carbocycles. The average molecular weight is 377 g/mol. The second-order valence-corrected chi connectivity index (χ2v) is 7.05. The van der Waals surface area contributed by atoms with Gasteiger partial charge in [-0.3, -0.25) is 9.59 Å². The number of benzene rings is 2. The summed E-state index contributed by atoms with van der Waals surface area (Å²) >= 11 is 7.46. The minimum Gasteiger partial charge on any atom is -0.478 e. The van der Waals surface area contributed by atoms with Crippen LogP contribution in [0.1, 0.15) is 6.42 Å². The number of amides is 2. The third kappa shape index (κ3) is 4.90. The van der Waals surface area contributed by atoms with Gasteiger partial charge in [0.1, 0.15) is 5.75 Å². The molecule has 130 valence electrons. The molecule has 2 N–H and O–H groups in total. The monoisotopic (exact) mass is 376 g/mol. The van der Waals surface area contributed by atoms with Crippen molar-refractivity contribution in [1.82, 2.24) is 5.32 Å². The summed E-state index contributed by atoms with van der Waals surface area (Å²) in [6, 6.07) is 14.7. The summed E-state index contributed by atoms with van der Waals surface area (Å²) in [5, 5.41) is 6.26. The molecule has 2 aromatic rings. The van der Waals surface area contributed by atoms with E-state index in [0.717, 1.165) is 10.6 Å². The molecule has 1 aliphatic rings. The van der Waals surface area contributed by atoms with Crippen molar-refractivity contribution in [3.05, 3.63) is 53.6 Å². The van der Waals surface area contributed by atoms with E-state index >= 15 is 0 Å². The fourth-order valence-corrected chi connectivity index (χ4v) is 3.25. The van der Waals surface area contributed by atoms with Gasteiger partial charge in [0, 0.05) is 22.2 Å². The van der Waals surface area contributed by atoms with Crippen LogP contribution in [0.4, 0.5) is 5.69 Å². The van der Waals surface area contributed by atoms with Crippen LogP contribution in [0.3, 0.4) is 0 Å². The highest BCUT2D eigenvalue weighted by Gasteiger charge is 2.29. The zero-order valence-electron chi connectivity index (χ0n) is 13.3. The first-order chi connectivity index (χ1) is 12.1. The Kier molecular flexibility index (Phi) is 5.83. The van der Waals surface area contributed by atoms with E-state index in [4.69, 9.17) is 16.3 Å². The molecule has 1 atom stereocenters. The van der Waals surface area contributed by atoms with E-state index in [1.165, 1.54) is 0 Å². The molecule has 1 aliphatic heterocycles. The maximum Gasteiger partial charge on any atom is 0.266 e. The van der Waals surface area contributed by atoms with Crippen LogP contribution in [0.25, 0.3) is 0 Å². The van der Waals surface area contributed by atoms with Crippen molar-refractivity contribution in [3.8, 4) is 5.75 Å². The summed E-state index contributed by atoms with van der Waals surface area (Å²) in [5.74, 6) is 0.798. The van der Waals surface area contributed by atoms with Gasteiger partial charge in [-0.1, -0.05) is 23.7 Å². The molecule has 0 radical (unpaired) electrons. The molecular formula is C18H17ClN2O3S. The molecule has 0 fully saturated rings. The van der Waals surface area contributed by atoms with E-state index in [9.17, 15) is 9.59 Å². The van der Waals surface area contributed by atoms with Crippen molar-refractivity contribution >= 4 is 40.9 Å². The average Bonchev–Trinajstić information content (AvgIpc) is 2.61. The van der Waals surface area contributed by atoms with Crippen LogP contribution in [0.15, 0.2) is 53.4 Å². The lowest BCUT2D eigenvalue weighted by Gasteiger charge is -2.25. The second kappa shape index (κ2) is 8.27. The van der Waals surface area contributed by atoms with E-state index < -0.39 is 6.10 Å². The standard InChI is InChI=1S/C18H17ClN2O3S/c19-12-5-7-13(8-6-12)25-10-9-20-17(22)11-16-18(23)21-14-3-1-2-4-15(14)24-16/h1-8,16H,9-11H2,(H,20,22)(H,21,23)/t16-/m0/s1. The molecule has 2 aromatic carbocycles. The predicted octanol–water partition coefficient (Wildman–Crippen LogP) is 3.34. The number of fused-ring (bicyclic) bond motifs is 1. The number of hydrogen-bond acceptors (Lipinski definition) is 4. The van der Waals surface area contributed by atoms with E-state index in [0.29, 0.717) is 23.0 Å². The number of carbonyl (C=O) groups is 2. The van der Waals surface area contributed by atoms with Crippen LogP contribution < -0.4 is 15.4 Å². The van der Waals surface area contributed by atoms with Crippen LogP contribution in [0.2, 0.25) is 5.02 Å². The number of ether oxygens (including phenoxy) is 1. The Labute approximate surface area is 155 Å². The molecule has 25 heavy (non-hydrogen) atoms. The van der Waals surface area contributed by atoms with Gasteiger partial charge in [-0.2, -0.15) is 0 Å². The zero-order chi connectivity index (χ0) is 17.6. The van der Waals surface area contributed by atoms with Gasteiger partial charge in [0.05, 0.1) is 12.1 Å². The molecule has 0 aliphatic carbocycles. The van der Waals surface area contributed by atoms with Crippen LogP contribution in [-0.4, -0.2) is 30.2 Å². The van der Waals surface area contributed by atoms with Crippen molar-refractivity contribution in [3.63, 3.8) is 0 Å². The Morgan fingerprint density at radius 2 is 1.96 bits per heavy atom. The number of halogens is 1. The second-order valence-electron chi connectivity index (χ2n) is 5.45. The Balaban J connectivity index is 1.42. The maximum absolute atomic E-state index is 12.0. The summed E-state index contributed by atoms with van der Waals surface area (Å²) in [4.78, 5) is 25.1. The summed E-state index contributed by atoms with van der Waals surface area (Å²) in [7, 11) is 0. The van der Waals surface area contributed by atoms with Crippen molar-refractivity contribution in [2.24, 2.45) is 0 Å². The highest BCUT2D eigenvalue weighted by atomic mass is 35.5. The summed E-state index contributed by atoms with van der Waals surface area (Å²) in [5.41, 5.74) is 0.628. The third-order valence-corrected chi connectivity index (χ3v) is 4.85. The first-order valence-electron chi connectivity index (χ1n) is 7.83. The van der Waals surface area contributed by atoms with Crippen LogP contribution in [0.5, 0.6) is 5.75 Å². The minimum absolute atomic E-state index is 0.00816. The largest absolute Gasteiger partial charge is 0.478 e. The number of rotatable bonds is 6. The highest BCUT2D eigenvalue weighted by molar-refractivity contribution is 7.99. The number of carbonyl (C=O) groups excluding carboxylic acids is 2. The van der Waals surface area contributed by atoms with Gasteiger partial charge in [0.2, 0.25) is 5.91 Å². The SMILES string of the molecule is O=C(C[C@@H]1Oc2ccccc2NC1=O)NCCSc1ccc(Cl)cc1. The molecular weight excluding hydrogens is 360 g/mol. The molecule has 0 bridgehead atoms. The van der Waals surface area contributed by atoms with Crippen LogP contribution >= 0.6 is 23.4 Å². The van der Waals surface area contributed by atoms with E-state index in [2.05, 4.69) is 10.6 Å². The van der Waals surface area contributed by atoms with Crippen molar-refractivity contribution in [2.75, 3.05) is 17.6 Å². The van der Waals surface area contributed by atoms with Gasteiger partial charge in [-0.05, 0) is 36.4 Å². The Bertz CT molecular complexity index is 767. The van der Waals surface area contributed by atoms with Crippen molar-refractivity contribution in [2.45, 2.75) is 17.4 Å². The van der Waals surface area contributed by atoms with Gasteiger partial charge < -0.3 is 15.4 Å². The quantitative estimate of drug-likeness (QED) is 0.599. The van der Waals surface area contributed by atoms with E-state index in [1.807, 2.05) is 36.4 Å². The topological polar surface area (TPSA) is 67.4 Å². The van der Waals surface area contributed by atoms with Gasteiger partial charge in [-0.15, -0.1) is 11.8 Å². The normalized spacial score (nSPS) is 15.7. The van der Waals surface area contributed by atoms with E-state index in [1.54, 1.807) is 23.9 Å². The number of thioether (sulfide) groups is 1. The molecule has 2 amide bonds. The third-order valence-electron chi connectivity index (χ3n) is 3.58. The maximum atomic E-state index is 12.0. The predicted molar refractivity (Wildman–Crippen MR) is 99.3 cm³/mol. The van der Waals surface area contributed by atoms with Crippen LogP contribution in [-0.2, 0) is 9.59 Å². The smallest absolute Gasteiger partial charge is 0.266 e. The lowest BCUT2D eigenvalue weighted by atomic mass is 10.1. The highest BCUT2D eigenvalue weighted by Crippen LogP contribution is 2.29. The molecule has 0 aromatic heterocycles. The molecule has 3 rings (SSSR count). The molecule has 0 unspecified atom stereocenters. The lowest BCUT2D eigenvalue weighted by Crippen LogP contribution is -2.41. The van der Waals surface area contributed by atoms with Gasteiger partial charge in [0.15, 0.2) is 6.10 Å². The molecule has 1 heterocycles. The first-order valence-corrected chi connectivity index (χ1v) is 9.20. The van der Waals surface area contributed by atoms with E-state index in [-0.39, 0.29) is 18.2 Å². The number of nitrogens with one attached hydrogen (secondary N) is 2. The molecule has 0 saturated heterocycles. The molecule has 0 spiro atoms. The first kappa shape index (κ1) is 17.6. The zero-order valence-corrected chi connectivity index (χ0v) is 14.9. The summed E-state index contributed by atoms with van der Waals surface area (Å²) in [6.45, 7) is 0.511. The van der Waals surface area contributed by atoms with Crippen LogP contribution in [0, 0.1) is 0 Å². The Morgan fingerprint density at radius 3 is 2.76 bits per heavy atom. The molecule has 7 heteroatoms. The Morgan fingerprint density at radius 1 is 1.20 bits per heavy atom. The van der Waals surface area contributed by atoms with Crippen molar-refractivity contribution < 1.29 is 14.3 Å². The summed E-state index contributed by atoms with van der Waals surface area (Å²) in [6.07, 6.45) is -0.815. The Hall–Kier alpha value is -2.18. The van der Waals surface area contributed by atoms with Gasteiger partial charge in [-0.25, -0.2) is 0 Å². The summed E-state index contributed by atoms with van der Waals surface area (Å²) < 4.78 is 5.61. The number of hydrogen-bond donors (Lipinski definition) is 2. The number of anilines is 1. The minimum atomic E-state index is -0.807. The fraction of sp³-hybridized carbons (Fsp3) is 0.222. The lowest BCUT2D eigenvalue weighted by molar-refractivity contribution is -0.130.